The molecular weight excluding hydrogens is 298 g/mol. The second-order valence-corrected chi connectivity index (χ2v) is 4.57. The molecule has 0 aliphatic carbocycles. The highest BCUT2D eigenvalue weighted by Crippen LogP contribution is 2.28. The van der Waals surface area contributed by atoms with Crippen LogP contribution in [0.1, 0.15) is 5.56 Å². The lowest BCUT2D eigenvalue weighted by atomic mass is 10.1. The predicted molar refractivity (Wildman–Crippen MR) is 78.5 cm³/mol. The van der Waals surface area contributed by atoms with Crippen LogP contribution in [0.15, 0.2) is 42.5 Å². The molecule has 0 bridgehead atoms. The first-order valence-electron chi connectivity index (χ1n) is 5.89. The van der Waals surface area contributed by atoms with E-state index in [2.05, 4.69) is 5.32 Å². The van der Waals surface area contributed by atoms with E-state index in [1.54, 1.807) is 18.2 Å². The predicted octanol–water partition coefficient (Wildman–Crippen LogP) is 3.77. The third-order valence-electron chi connectivity index (χ3n) is 2.82. The summed E-state index contributed by atoms with van der Waals surface area (Å²) in [7, 11) is 0. The summed E-state index contributed by atoms with van der Waals surface area (Å²) in [5.74, 6) is 0. The lowest BCUT2D eigenvalue weighted by Gasteiger charge is -2.08. The Morgan fingerprint density at radius 2 is 1.76 bits per heavy atom. The van der Waals surface area contributed by atoms with Gasteiger partial charge in [-0.3, -0.25) is 20.2 Å². The van der Waals surface area contributed by atoms with E-state index in [0.717, 1.165) is 0 Å². The minimum absolute atomic E-state index is 0.0217. The number of hydrogen-bond donors (Lipinski definition) is 1. The number of nitrogens with one attached hydrogen (secondary N) is 1. The average Bonchev–Trinajstić information content (AvgIpc) is 2.46. The van der Waals surface area contributed by atoms with E-state index in [1.807, 2.05) is 0 Å². The number of nitrogens with zero attached hydrogens (tertiary/aromatic N) is 2. The smallest absolute Gasteiger partial charge is 0.274 e. The first kappa shape index (κ1) is 14.7. The van der Waals surface area contributed by atoms with Gasteiger partial charge in [-0.15, -0.1) is 0 Å². The van der Waals surface area contributed by atoms with Gasteiger partial charge in [0.1, 0.15) is 0 Å². The Labute approximate surface area is 124 Å². The number of rotatable bonds is 5. The van der Waals surface area contributed by atoms with Crippen LogP contribution in [0.2, 0.25) is 5.02 Å². The van der Waals surface area contributed by atoms with E-state index in [0.29, 0.717) is 16.3 Å². The highest BCUT2D eigenvalue weighted by Gasteiger charge is 2.14. The van der Waals surface area contributed by atoms with E-state index >= 15 is 0 Å². The molecule has 2 rings (SSSR count). The first-order chi connectivity index (χ1) is 9.99. The number of halogens is 1. The maximum absolute atomic E-state index is 10.9. The molecular formula is C13H10ClN3O4. The summed E-state index contributed by atoms with van der Waals surface area (Å²) in [4.78, 5) is 20.6. The van der Waals surface area contributed by atoms with Crippen LogP contribution >= 0.6 is 11.6 Å². The van der Waals surface area contributed by atoms with E-state index in [-0.39, 0.29) is 17.9 Å². The minimum atomic E-state index is -0.535. The molecule has 2 aromatic carbocycles. The molecule has 8 heteroatoms. The molecule has 0 aliphatic heterocycles. The maximum atomic E-state index is 10.9. The Morgan fingerprint density at radius 3 is 2.43 bits per heavy atom. The topological polar surface area (TPSA) is 98.3 Å². The monoisotopic (exact) mass is 307 g/mol. The van der Waals surface area contributed by atoms with Gasteiger partial charge < -0.3 is 5.32 Å². The zero-order valence-electron chi connectivity index (χ0n) is 10.7. The molecule has 0 aliphatic rings. The van der Waals surface area contributed by atoms with E-state index in [1.165, 1.54) is 24.3 Å². The van der Waals surface area contributed by atoms with E-state index in [9.17, 15) is 20.2 Å². The highest BCUT2D eigenvalue weighted by atomic mass is 35.5. The molecule has 0 fully saturated rings. The summed E-state index contributed by atoms with van der Waals surface area (Å²) < 4.78 is 0. The highest BCUT2D eigenvalue weighted by molar-refractivity contribution is 6.33. The fourth-order valence-corrected chi connectivity index (χ4v) is 1.98. The molecule has 7 nitrogen and oxygen atoms in total. The molecule has 0 heterocycles. The summed E-state index contributed by atoms with van der Waals surface area (Å²) in [5.41, 5.74) is 0.685. The van der Waals surface area contributed by atoms with Gasteiger partial charge in [0.05, 0.1) is 20.6 Å². The molecule has 0 amide bonds. The number of anilines is 1. The van der Waals surface area contributed by atoms with E-state index in [4.69, 9.17) is 11.6 Å². The van der Waals surface area contributed by atoms with Crippen molar-refractivity contribution in [1.29, 1.82) is 0 Å². The summed E-state index contributed by atoms with van der Waals surface area (Å²) >= 11 is 5.95. The zero-order chi connectivity index (χ0) is 15.4. The number of nitro groups is 2. The number of non-ortho nitro benzene ring substituents is 1. The van der Waals surface area contributed by atoms with Gasteiger partial charge in [-0.1, -0.05) is 29.8 Å². The van der Waals surface area contributed by atoms with Crippen molar-refractivity contribution in [3.63, 3.8) is 0 Å². The standard InChI is InChI=1S/C13H10ClN3O4/c14-11-6-5-10(16(18)19)7-12(11)15-8-9-3-1-2-4-13(9)17(20)21/h1-7,15H,8H2. The van der Waals surface area contributed by atoms with Crippen molar-refractivity contribution in [2.75, 3.05) is 5.32 Å². The molecule has 0 spiro atoms. The van der Waals surface area contributed by atoms with Crippen molar-refractivity contribution in [3.05, 3.63) is 73.3 Å². The average molecular weight is 308 g/mol. The molecule has 0 unspecified atom stereocenters. The second kappa shape index (κ2) is 6.19. The third kappa shape index (κ3) is 3.46. The SMILES string of the molecule is O=[N+]([O-])c1ccc(Cl)c(NCc2ccccc2[N+](=O)[O-])c1. The van der Waals surface area contributed by atoms with Gasteiger partial charge in [0.2, 0.25) is 0 Å². The molecule has 0 radical (unpaired) electrons. The van der Waals surface area contributed by atoms with Crippen LogP contribution in [-0.2, 0) is 6.54 Å². The molecule has 1 N–H and O–H groups in total. The van der Waals surface area contributed by atoms with Crippen molar-refractivity contribution in [1.82, 2.24) is 0 Å². The van der Waals surface area contributed by atoms with Gasteiger partial charge >= 0.3 is 0 Å². The minimum Gasteiger partial charge on any atom is -0.379 e. The van der Waals surface area contributed by atoms with Crippen molar-refractivity contribution in [3.8, 4) is 0 Å². The van der Waals surface area contributed by atoms with Crippen LogP contribution in [0.3, 0.4) is 0 Å². The fourth-order valence-electron chi connectivity index (χ4n) is 1.79. The molecule has 0 saturated carbocycles. The lowest BCUT2D eigenvalue weighted by Crippen LogP contribution is -2.03. The Balaban J connectivity index is 2.22. The number of benzene rings is 2. The first-order valence-corrected chi connectivity index (χ1v) is 6.27. The van der Waals surface area contributed by atoms with Gasteiger partial charge in [0, 0.05) is 30.3 Å². The van der Waals surface area contributed by atoms with Crippen molar-refractivity contribution in [2.45, 2.75) is 6.54 Å². The molecule has 0 saturated heterocycles. The quantitative estimate of drug-likeness (QED) is 0.669. The Morgan fingerprint density at radius 1 is 1.05 bits per heavy atom. The van der Waals surface area contributed by atoms with Crippen LogP contribution in [0, 0.1) is 20.2 Å². The number of hydrogen-bond acceptors (Lipinski definition) is 5. The van der Waals surface area contributed by atoms with Crippen molar-refractivity contribution < 1.29 is 9.85 Å². The summed E-state index contributed by atoms with van der Waals surface area (Å²) in [6, 6.07) is 10.2. The van der Waals surface area contributed by atoms with Crippen molar-refractivity contribution >= 4 is 28.7 Å². The lowest BCUT2D eigenvalue weighted by molar-refractivity contribution is -0.385. The van der Waals surface area contributed by atoms with Crippen LogP contribution in [0.5, 0.6) is 0 Å². The van der Waals surface area contributed by atoms with E-state index < -0.39 is 9.85 Å². The van der Waals surface area contributed by atoms with Crippen LogP contribution < -0.4 is 5.32 Å². The number of para-hydroxylation sites is 1. The molecule has 0 aromatic heterocycles. The largest absolute Gasteiger partial charge is 0.379 e. The molecule has 0 atom stereocenters. The van der Waals surface area contributed by atoms with Gasteiger partial charge in [-0.05, 0) is 6.07 Å². The Bertz CT molecular complexity index is 706. The zero-order valence-corrected chi connectivity index (χ0v) is 11.4. The van der Waals surface area contributed by atoms with Gasteiger partial charge in [-0.2, -0.15) is 0 Å². The van der Waals surface area contributed by atoms with Crippen LogP contribution in [0.25, 0.3) is 0 Å². The Kier molecular flexibility index (Phi) is 4.34. The van der Waals surface area contributed by atoms with Crippen molar-refractivity contribution in [2.24, 2.45) is 0 Å². The second-order valence-electron chi connectivity index (χ2n) is 4.16. The summed E-state index contributed by atoms with van der Waals surface area (Å²) in [5, 5.41) is 24.8. The van der Waals surface area contributed by atoms with Gasteiger partial charge in [0.15, 0.2) is 0 Å². The maximum Gasteiger partial charge on any atom is 0.274 e. The van der Waals surface area contributed by atoms with Gasteiger partial charge in [-0.25, -0.2) is 0 Å². The fraction of sp³-hybridized carbons (Fsp3) is 0.0769. The van der Waals surface area contributed by atoms with Crippen LogP contribution in [-0.4, -0.2) is 9.85 Å². The Hall–Kier alpha value is -2.67. The van der Waals surface area contributed by atoms with Gasteiger partial charge in [0.25, 0.3) is 11.4 Å². The molecule has 108 valence electrons. The molecule has 2 aromatic rings. The summed E-state index contributed by atoms with van der Waals surface area (Å²) in [6.45, 7) is 0.137. The normalized spacial score (nSPS) is 10.1. The van der Waals surface area contributed by atoms with Crippen LogP contribution in [0.4, 0.5) is 17.1 Å². The third-order valence-corrected chi connectivity index (χ3v) is 3.15. The molecule has 21 heavy (non-hydrogen) atoms. The summed E-state index contributed by atoms with van der Waals surface area (Å²) in [6.07, 6.45) is 0. The number of nitro benzene ring substituents is 2.